The van der Waals surface area contributed by atoms with E-state index < -0.39 is 28.3 Å². The molecule has 168 valence electrons. The molecule has 0 fully saturated rings. The first-order chi connectivity index (χ1) is 15.4. The average molecular weight is 491 g/mol. The number of halogens is 1. The maximum absolute atomic E-state index is 13.8. The van der Waals surface area contributed by atoms with Crippen LogP contribution in [0.15, 0.2) is 93.5 Å². The zero-order valence-electron chi connectivity index (χ0n) is 17.4. The van der Waals surface area contributed by atoms with E-state index in [9.17, 15) is 17.6 Å². The molecule has 0 saturated carbocycles. The molecule has 3 aromatic rings. The van der Waals surface area contributed by atoms with Gasteiger partial charge in [-0.15, -0.1) is 23.5 Å². The second-order valence-corrected chi connectivity index (χ2v) is 10.6. The van der Waals surface area contributed by atoms with Gasteiger partial charge in [-0.2, -0.15) is 0 Å². The van der Waals surface area contributed by atoms with Crippen molar-refractivity contribution < 1.29 is 17.6 Å². The Kier molecular flexibility index (Phi) is 8.60. The van der Waals surface area contributed by atoms with Crippen molar-refractivity contribution in [2.75, 3.05) is 29.4 Å². The Balaban J connectivity index is 1.73. The number of anilines is 1. The molecular formula is C23H23FN2O3S3. The Morgan fingerprint density at radius 1 is 0.969 bits per heavy atom. The first-order valence-corrected chi connectivity index (χ1v) is 13.4. The van der Waals surface area contributed by atoms with Crippen molar-refractivity contribution in [1.29, 1.82) is 0 Å². The molecule has 1 amide bonds. The van der Waals surface area contributed by atoms with Crippen molar-refractivity contribution in [3.8, 4) is 0 Å². The molecule has 3 rings (SSSR count). The van der Waals surface area contributed by atoms with Crippen LogP contribution in [-0.2, 0) is 14.8 Å². The smallest absolute Gasteiger partial charge is 0.264 e. The fourth-order valence-electron chi connectivity index (χ4n) is 2.88. The quantitative estimate of drug-likeness (QED) is 0.331. The third kappa shape index (κ3) is 6.51. The van der Waals surface area contributed by atoms with Gasteiger partial charge in [-0.05, 0) is 60.9 Å². The Bertz CT molecular complexity index is 1140. The predicted molar refractivity (Wildman–Crippen MR) is 129 cm³/mol. The van der Waals surface area contributed by atoms with Crippen LogP contribution >= 0.6 is 23.5 Å². The number of carbonyl (C=O) groups is 1. The molecule has 0 aromatic heterocycles. The topological polar surface area (TPSA) is 66.5 Å². The van der Waals surface area contributed by atoms with Crippen LogP contribution in [0.4, 0.5) is 10.1 Å². The Labute approximate surface area is 196 Å². The molecule has 0 aliphatic carbocycles. The standard InChI is InChI=1S/C23H23FN2O3S3/c1-30-20-10-12-22(13-11-20)32(28,29)26(19-7-5-6-18(24)16-19)17-23(27)25-14-15-31-21-8-3-2-4-9-21/h2-13,16H,14-15,17H2,1H3,(H,25,27). The van der Waals surface area contributed by atoms with Crippen molar-refractivity contribution in [3.05, 3.63) is 84.7 Å². The van der Waals surface area contributed by atoms with Crippen LogP contribution < -0.4 is 9.62 Å². The highest BCUT2D eigenvalue weighted by Crippen LogP contribution is 2.26. The molecule has 9 heteroatoms. The lowest BCUT2D eigenvalue weighted by atomic mass is 10.3. The Morgan fingerprint density at radius 3 is 2.34 bits per heavy atom. The van der Waals surface area contributed by atoms with Crippen LogP contribution in [-0.4, -0.2) is 39.4 Å². The van der Waals surface area contributed by atoms with E-state index in [2.05, 4.69) is 5.32 Å². The van der Waals surface area contributed by atoms with Crippen LogP contribution in [0.5, 0.6) is 0 Å². The van der Waals surface area contributed by atoms with Crippen molar-refractivity contribution in [1.82, 2.24) is 5.32 Å². The number of nitrogens with one attached hydrogen (secondary N) is 1. The lowest BCUT2D eigenvalue weighted by Crippen LogP contribution is -2.41. The number of amides is 1. The van der Waals surface area contributed by atoms with E-state index in [1.54, 1.807) is 23.9 Å². The molecule has 3 aromatic carbocycles. The highest BCUT2D eigenvalue weighted by atomic mass is 32.2. The van der Waals surface area contributed by atoms with Crippen LogP contribution in [0.2, 0.25) is 0 Å². The largest absolute Gasteiger partial charge is 0.354 e. The lowest BCUT2D eigenvalue weighted by molar-refractivity contribution is -0.119. The van der Waals surface area contributed by atoms with E-state index in [0.29, 0.717) is 12.3 Å². The number of nitrogens with zero attached hydrogens (tertiary/aromatic N) is 1. The summed E-state index contributed by atoms with van der Waals surface area (Å²) in [6.07, 6.45) is 1.89. The molecule has 0 heterocycles. The van der Waals surface area contributed by atoms with Crippen LogP contribution in [0.25, 0.3) is 0 Å². The molecular weight excluding hydrogens is 467 g/mol. The molecule has 5 nitrogen and oxygen atoms in total. The van der Waals surface area contributed by atoms with Gasteiger partial charge in [0.25, 0.3) is 10.0 Å². The summed E-state index contributed by atoms with van der Waals surface area (Å²) in [5.41, 5.74) is 0.0905. The highest BCUT2D eigenvalue weighted by molar-refractivity contribution is 7.99. The third-order valence-electron chi connectivity index (χ3n) is 4.47. The van der Waals surface area contributed by atoms with Crippen molar-refractivity contribution in [2.24, 2.45) is 0 Å². The summed E-state index contributed by atoms with van der Waals surface area (Å²) >= 11 is 3.08. The van der Waals surface area contributed by atoms with Crippen LogP contribution in [0.1, 0.15) is 0 Å². The van der Waals surface area contributed by atoms with Gasteiger partial charge in [0.1, 0.15) is 12.4 Å². The van der Waals surface area contributed by atoms with Gasteiger partial charge < -0.3 is 5.32 Å². The summed E-state index contributed by atoms with van der Waals surface area (Å²) in [4.78, 5) is 14.6. The van der Waals surface area contributed by atoms with Gasteiger partial charge in [-0.3, -0.25) is 9.10 Å². The van der Waals surface area contributed by atoms with Gasteiger partial charge in [0.15, 0.2) is 0 Å². The molecule has 32 heavy (non-hydrogen) atoms. The second-order valence-electron chi connectivity index (χ2n) is 6.68. The van der Waals surface area contributed by atoms with Crippen molar-refractivity contribution >= 4 is 45.1 Å². The summed E-state index contributed by atoms with van der Waals surface area (Å²) < 4.78 is 41.4. The molecule has 0 radical (unpaired) electrons. The van der Waals surface area contributed by atoms with Gasteiger partial charge in [0.2, 0.25) is 5.91 Å². The van der Waals surface area contributed by atoms with Gasteiger partial charge >= 0.3 is 0 Å². The van der Waals surface area contributed by atoms with Gasteiger partial charge in [0.05, 0.1) is 10.6 Å². The number of rotatable bonds is 10. The number of benzene rings is 3. The second kappa shape index (κ2) is 11.4. The number of carbonyl (C=O) groups excluding carboxylic acids is 1. The van der Waals surface area contributed by atoms with Crippen molar-refractivity contribution in [3.63, 3.8) is 0 Å². The number of thioether (sulfide) groups is 2. The molecule has 0 atom stereocenters. The lowest BCUT2D eigenvalue weighted by Gasteiger charge is -2.24. The van der Waals surface area contributed by atoms with Crippen LogP contribution in [0.3, 0.4) is 0 Å². The predicted octanol–water partition coefficient (Wildman–Crippen LogP) is 4.65. The Hall–Kier alpha value is -2.49. The normalized spacial score (nSPS) is 11.2. The van der Waals surface area contributed by atoms with Gasteiger partial charge in [0, 0.05) is 22.1 Å². The number of hydrogen-bond donors (Lipinski definition) is 1. The fraction of sp³-hybridized carbons (Fsp3) is 0.174. The molecule has 0 aliphatic heterocycles. The maximum Gasteiger partial charge on any atom is 0.264 e. The minimum absolute atomic E-state index is 0.0343. The summed E-state index contributed by atoms with van der Waals surface area (Å²) in [5, 5.41) is 2.75. The molecule has 0 spiro atoms. The summed E-state index contributed by atoms with van der Waals surface area (Å²) in [6, 6.07) is 21.3. The van der Waals surface area contributed by atoms with E-state index in [-0.39, 0.29) is 10.6 Å². The van der Waals surface area contributed by atoms with Gasteiger partial charge in [-0.1, -0.05) is 24.3 Å². The molecule has 0 saturated heterocycles. The first kappa shape index (κ1) is 24.2. The first-order valence-electron chi connectivity index (χ1n) is 9.77. The number of sulfonamides is 1. The Morgan fingerprint density at radius 2 is 1.69 bits per heavy atom. The maximum atomic E-state index is 13.8. The number of hydrogen-bond acceptors (Lipinski definition) is 5. The van der Waals surface area contributed by atoms with Crippen molar-refractivity contribution in [2.45, 2.75) is 14.7 Å². The monoisotopic (exact) mass is 490 g/mol. The van der Waals surface area contributed by atoms with E-state index in [0.717, 1.165) is 20.2 Å². The molecule has 0 aliphatic rings. The average Bonchev–Trinajstić information content (AvgIpc) is 2.81. The van der Waals surface area contributed by atoms with E-state index >= 15 is 0 Å². The van der Waals surface area contributed by atoms with E-state index in [1.807, 2.05) is 36.6 Å². The molecule has 0 unspecified atom stereocenters. The zero-order chi connectivity index (χ0) is 23.0. The summed E-state index contributed by atoms with van der Waals surface area (Å²) in [7, 11) is -4.07. The van der Waals surface area contributed by atoms with Crippen LogP contribution in [0, 0.1) is 5.82 Å². The highest BCUT2D eigenvalue weighted by Gasteiger charge is 2.27. The summed E-state index contributed by atoms with van der Waals surface area (Å²) in [5.74, 6) is -0.411. The fourth-order valence-corrected chi connectivity index (χ4v) is 5.49. The minimum Gasteiger partial charge on any atom is -0.354 e. The third-order valence-corrected chi connectivity index (χ3v) is 8.01. The summed E-state index contributed by atoms with van der Waals surface area (Å²) in [6.45, 7) is -0.0794. The minimum atomic E-state index is -4.07. The van der Waals surface area contributed by atoms with E-state index in [1.165, 1.54) is 42.1 Å². The molecule has 1 N–H and O–H groups in total. The zero-order valence-corrected chi connectivity index (χ0v) is 19.9. The SMILES string of the molecule is CSc1ccc(S(=O)(=O)N(CC(=O)NCCSc2ccccc2)c2cccc(F)c2)cc1. The molecule has 0 bridgehead atoms. The van der Waals surface area contributed by atoms with Gasteiger partial charge in [-0.25, -0.2) is 12.8 Å². The van der Waals surface area contributed by atoms with E-state index in [4.69, 9.17) is 0 Å².